The highest BCUT2D eigenvalue weighted by molar-refractivity contribution is 8.76. The van der Waals surface area contributed by atoms with E-state index in [1.807, 2.05) is 32.0 Å². The molecule has 0 spiro atoms. The SMILES string of the molecule is COC(=O)[C@@H]1CCCN(C(=O)[C@H](Cc2cccc(O)c2)NC(=O)[C@@H](NC(=O)CCSSc2ccccn2)C(C)C)N1. The second-order valence-electron chi connectivity index (χ2n) is 9.88. The van der Waals surface area contributed by atoms with Crippen LogP contribution in [0.25, 0.3) is 0 Å². The van der Waals surface area contributed by atoms with Crippen molar-refractivity contribution in [3.05, 3.63) is 54.2 Å². The van der Waals surface area contributed by atoms with Gasteiger partial charge in [-0.15, -0.1) is 0 Å². The quantitative estimate of drug-likeness (QED) is 0.153. The summed E-state index contributed by atoms with van der Waals surface area (Å²) >= 11 is 0. The highest BCUT2D eigenvalue weighted by Gasteiger charge is 2.34. The van der Waals surface area contributed by atoms with Gasteiger partial charge in [-0.2, -0.15) is 0 Å². The summed E-state index contributed by atoms with van der Waals surface area (Å²) in [7, 11) is 4.26. The van der Waals surface area contributed by atoms with Gasteiger partial charge < -0.3 is 20.5 Å². The van der Waals surface area contributed by atoms with Gasteiger partial charge in [0, 0.05) is 31.3 Å². The number of pyridine rings is 1. The number of ether oxygens (including phenoxy) is 1. The maximum absolute atomic E-state index is 13.6. The van der Waals surface area contributed by atoms with E-state index in [1.165, 1.54) is 45.8 Å². The second-order valence-corrected chi connectivity index (χ2v) is 12.3. The van der Waals surface area contributed by atoms with Gasteiger partial charge in [0.2, 0.25) is 11.8 Å². The number of phenolic OH excluding ortho intramolecular Hbond substituents is 1. The summed E-state index contributed by atoms with van der Waals surface area (Å²) in [4.78, 5) is 56.1. The van der Waals surface area contributed by atoms with E-state index in [2.05, 4.69) is 21.0 Å². The molecule has 4 N–H and O–H groups in total. The molecule has 3 rings (SSSR count). The first kappa shape index (κ1) is 32.2. The first-order valence-corrected chi connectivity index (χ1v) is 15.7. The third kappa shape index (κ3) is 10.2. The zero-order valence-electron chi connectivity index (χ0n) is 23.4. The van der Waals surface area contributed by atoms with Crippen molar-refractivity contribution in [2.75, 3.05) is 19.4 Å². The third-order valence-electron chi connectivity index (χ3n) is 6.36. The van der Waals surface area contributed by atoms with Crippen LogP contribution in [0.1, 0.15) is 38.7 Å². The first-order chi connectivity index (χ1) is 19.7. The molecule has 0 bridgehead atoms. The van der Waals surface area contributed by atoms with Gasteiger partial charge in [0.05, 0.1) is 7.11 Å². The fourth-order valence-corrected chi connectivity index (χ4v) is 6.11. The molecular formula is C28H37N5O6S2. The summed E-state index contributed by atoms with van der Waals surface area (Å²) in [6.07, 6.45) is 3.10. The van der Waals surface area contributed by atoms with E-state index >= 15 is 0 Å². The van der Waals surface area contributed by atoms with E-state index in [-0.39, 0.29) is 30.4 Å². The lowest BCUT2D eigenvalue weighted by Gasteiger charge is -2.35. The Morgan fingerprint density at radius 1 is 1.17 bits per heavy atom. The molecule has 1 fully saturated rings. The van der Waals surface area contributed by atoms with Crippen molar-refractivity contribution in [1.29, 1.82) is 0 Å². The predicted molar refractivity (Wildman–Crippen MR) is 158 cm³/mol. The lowest BCUT2D eigenvalue weighted by molar-refractivity contribution is -0.151. The van der Waals surface area contributed by atoms with E-state index in [9.17, 15) is 24.3 Å². The summed E-state index contributed by atoms with van der Waals surface area (Å²) in [5.41, 5.74) is 3.55. The molecule has 1 aromatic carbocycles. The van der Waals surface area contributed by atoms with Gasteiger partial charge in [0.15, 0.2) is 0 Å². The lowest BCUT2D eigenvalue weighted by Crippen LogP contribution is -2.62. The number of esters is 1. The average molecular weight is 604 g/mol. The highest BCUT2D eigenvalue weighted by Crippen LogP contribution is 2.29. The molecule has 1 aliphatic heterocycles. The maximum Gasteiger partial charge on any atom is 0.324 e. The second kappa shape index (κ2) is 16.2. The van der Waals surface area contributed by atoms with Crippen LogP contribution in [0.3, 0.4) is 0 Å². The van der Waals surface area contributed by atoms with Crippen molar-refractivity contribution in [3.8, 4) is 5.75 Å². The first-order valence-electron chi connectivity index (χ1n) is 13.4. The molecule has 0 unspecified atom stereocenters. The molecule has 3 atom stereocenters. The molecule has 0 saturated carbocycles. The number of nitrogens with zero attached hydrogens (tertiary/aromatic N) is 2. The molecule has 2 aromatic rings. The molecule has 0 aliphatic carbocycles. The van der Waals surface area contributed by atoms with E-state index in [4.69, 9.17) is 4.74 Å². The van der Waals surface area contributed by atoms with Gasteiger partial charge >= 0.3 is 5.97 Å². The van der Waals surface area contributed by atoms with Crippen LogP contribution in [0, 0.1) is 5.92 Å². The van der Waals surface area contributed by atoms with Crippen LogP contribution >= 0.6 is 21.6 Å². The Kier molecular flexibility index (Phi) is 12.8. The fourth-order valence-electron chi connectivity index (χ4n) is 4.24. The number of aromatic nitrogens is 1. The van der Waals surface area contributed by atoms with Crippen molar-refractivity contribution in [2.45, 2.75) is 62.7 Å². The molecule has 1 aromatic heterocycles. The number of aromatic hydroxyl groups is 1. The average Bonchev–Trinajstić information content (AvgIpc) is 2.97. The summed E-state index contributed by atoms with van der Waals surface area (Å²) in [6.45, 7) is 3.97. The minimum atomic E-state index is -1.02. The number of benzene rings is 1. The predicted octanol–water partition coefficient (Wildman–Crippen LogP) is 2.45. The molecule has 0 radical (unpaired) electrons. The summed E-state index contributed by atoms with van der Waals surface area (Å²) in [5, 5.41) is 17.7. The van der Waals surface area contributed by atoms with Crippen LogP contribution in [0.15, 0.2) is 53.7 Å². The van der Waals surface area contributed by atoms with Gasteiger partial charge in [-0.05, 0) is 59.4 Å². The van der Waals surface area contributed by atoms with Crippen molar-refractivity contribution < 1.29 is 29.0 Å². The Morgan fingerprint density at radius 3 is 2.66 bits per heavy atom. The number of hydrogen-bond donors (Lipinski definition) is 4. The summed E-state index contributed by atoms with van der Waals surface area (Å²) in [5.74, 6) is -1.37. The van der Waals surface area contributed by atoms with Crippen LogP contribution in [0.5, 0.6) is 5.75 Å². The summed E-state index contributed by atoms with van der Waals surface area (Å²) < 4.78 is 4.82. The number of hydrazine groups is 1. The van der Waals surface area contributed by atoms with Gasteiger partial charge in [-0.1, -0.05) is 42.8 Å². The molecule has 3 amide bonds. The largest absolute Gasteiger partial charge is 0.508 e. The van der Waals surface area contributed by atoms with Crippen LogP contribution in [-0.2, 0) is 30.3 Å². The van der Waals surface area contributed by atoms with Crippen LogP contribution in [0.2, 0.25) is 0 Å². The van der Waals surface area contributed by atoms with E-state index in [0.29, 0.717) is 30.7 Å². The van der Waals surface area contributed by atoms with Crippen molar-refractivity contribution >= 4 is 45.3 Å². The molecule has 2 heterocycles. The minimum absolute atomic E-state index is 0.0354. The Balaban J connectivity index is 1.66. The Bertz CT molecular complexity index is 1190. The standard InChI is InChI=1S/C28H37N5O6S2/c1-18(2)25(31-23(35)12-15-40-41-24-11-4-5-13-29-24)26(36)30-22(17-19-8-6-9-20(34)16-19)27(37)33-14-7-10-21(32-33)28(38)39-3/h4-6,8-9,11,13,16,18,21-22,25,32,34H,7,10,12,14-15,17H2,1-3H3,(H,30,36)(H,31,35)/t21-,22-,25-/m0/s1. The number of carbonyl (C=O) groups is 4. The number of phenols is 1. The molecule has 11 nitrogen and oxygen atoms in total. The molecule has 1 saturated heterocycles. The number of methoxy groups -OCH3 is 1. The van der Waals surface area contributed by atoms with Crippen LogP contribution < -0.4 is 16.1 Å². The number of hydrogen-bond acceptors (Lipinski definition) is 10. The van der Waals surface area contributed by atoms with Gasteiger partial charge in [-0.25, -0.2) is 10.4 Å². The van der Waals surface area contributed by atoms with Crippen molar-refractivity contribution in [2.24, 2.45) is 5.92 Å². The lowest BCUT2D eigenvalue weighted by atomic mass is 10.00. The molecule has 222 valence electrons. The number of rotatable bonds is 13. The highest BCUT2D eigenvalue weighted by atomic mass is 33.1. The van der Waals surface area contributed by atoms with E-state index in [0.717, 1.165) is 5.03 Å². The van der Waals surface area contributed by atoms with Crippen molar-refractivity contribution in [1.82, 2.24) is 26.1 Å². The zero-order chi connectivity index (χ0) is 29.8. The van der Waals surface area contributed by atoms with Gasteiger partial charge in [0.25, 0.3) is 5.91 Å². The van der Waals surface area contributed by atoms with Crippen LogP contribution in [-0.4, -0.2) is 76.3 Å². The van der Waals surface area contributed by atoms with E-state index < -0.39 is 35.9 Å². The number of carbonyl (C=O) groups excluding carboxylic acids is 4. The van der Waals surface area contributed by atoms with E-state index in [1.54, 1.807) is 18.3 Å². The molecule has 41 heavy (non-hydrogen) atoms. The van der Waals surface area contributed by atoms with Gasteiger partial charge in [-0.3, -0.25) is 24.2 Å². The normalized spacial score (nSPS) is 16.5. The molecule has 1 aliphatic rings. The minimum Gasteiger partial charge on any atom is -0.508 e. The number of nitrogens with one attached hydrogen (secondary N) is 3. The van der Waals surface area contributed by atoms with Crippen molar-refractivity contribution in [3.63, 3.8) is 0 Å². The number of amides is 3. The smallest absolute Gasteiger partial charge is 0.324 e. The van der Waals surface area contributed by atoms with Gasteiger partial charge in [0.1, 0.15) is 28.9 Å². The summed E-state index contributed by atoms with van der Waals surface area (Å²) in [6, 6.07) is 9.50. The Labute approximate surface area is 247 Å². The fraction of sp³-hybridized carbons (Fsp3) is 0.464. The molecule has 13 heteroatoms. The molecular weight excluding hydrogens is 566 g/mol. The Hall–Kier alpha value is -3.29. The van der Waals surface area contributed by atoms with Crippen LogP contribution in [0.4, 0.5) is 0 Å². The Morgan fingerprint density at radius 2 is 1.98 bits per heavy atom. The topological polar surface area (TPSA) is 150 Å². The third-order valence-corrected chi connectivity index (χ3v) is 8.63. The zero-order valence-corrected chi connectivity index (χ0v) is 25.0. The maximum atomic E-state index is 13.6. The monoisotopic (exact) mass is 603 g/mol.